The second kappa shape index (κ2) is 7.04. The van der Waals surface area contributed by atoms with Crippen LogP contribution in [0.15, 0.2) is 18.2 Å². The molecule has 25 heavy (non-hydrogen) atoms. The second-order valence-corrected chi connectivity index (χ2v) is 7.18. The van der Waals surface area contributed by atoms with Crippen LogP contribution < -0.4 is 15.0 Å². The third kappa shape index (κ3) is 3.79. The average molecular weight is 343 g/mol. The van der Waals surface area contributed by atoms with Gasteiger partial charge in [-0.3, -0.25) is 9.59 Å². The van der Waals surface area contributed by atoms with Gasteiger partial charge in [0.25, 0.3) is 5.91 Å². The first-order valence-electron chi connectivity index (χ1n) is 9.31. The molecule has 2 aliphatic heterocycles. The standard InChI is InChI=1S/C19H25N3O3/c23-18-13-25-17-7-6-15(20-19(24)14-4-5-14)12-16(17)22(18)11-10-21-8-2-1-3-9-21/h6-7,12,14H,1-5,8-11,13H2,(H,20,24). The monoisotopic (exact) mass is 343 g/mol. The smallest absolute Gasteiger partial charge is 0.265 e. The van der Waals surface area contributed by atoms with Crippen molar-refractivity contribution in [3.63, 3.8) is 0 Å². The molecule has 1 aromatic carbocycles. The zero-order valence-electron chi connectivity index (χ0n) is 14.5. The van der Waals surface area contributed by atoms with E-state index in [1.807, 2.05) is 18.2 Å². The lowest BCUT2D eigenvalue weighted by molar-refractivity contribution is -0.121. The van der Waals surface area contributed by atoms with Gasteiger partial charge in [0.15, 0.2) is 6.61 Å². The van der Waals surface area contributed by atoms with Crippen molar-refractivity contribution in [1.82, 2.24) is 4.90 Å². The van der Waals surface area contributed by atoms with E-state index in [1.165, 1.54) is 19.3 Å². The summed E-state index contributed by atoms with van der Waals surface area (Å²) < 4.78 is 5.56. The number of ether oxygens (including phenoxy) is 1. The van der Waals surface area contributed by atoms with E-state index in [1.54, 1.807) is 4.90 Å². The zero-order valence-corrected chi connectivity index (χ0v) is 14.5. The third-order valence-corrected chi connectivity index (χ3v) is 5.21. The molecule has 0 spiro atoms. The molecule has 6 nitrogen and oxygen atoms in total. The Morgan fingerprint density at radius 2 is 1.96 bits per heavy atom. The lowest BCUT2D eigenvalue weighted by Crippen LogP contribution is -2.44. The molecule has 3 aliphatic rings. The highest BCUT2D eigenvalue weighted by Gasteiger charge is 2.30. The number of benzene rings is 1. The molecule has 1 saturated heterocycles. The van der Waals surface area contributed by atoms with E-state index in [4.69, 9.17) is 4.74 Å². The van der Waals surface area contributed by atoms with E-state index < -0.39 is 0 Å². The van der Waals surface area contributed by atoms with Crippen LogP contribution in [-0.4, -0.2) is 49.5 Å². The van der Waals surface area contributed by atoms with Crippen LogP contribution in [0.3, 0.4) is 0 Å². The van der Waals surface area contributed by atoms with Gasteiger partial charge in [0.1, 0.15) is 5.75 Å². The Morgan fingerprint density at radius 3 is 2.72 bits per heavy atom. The van der Waals surface area contributed by atoms with Crippen molar-refractivity contribution in [3.05, 3.63) is 18.2 Å². The van der Waals surface area contributed by atoms with Gasteiger partial charge < -0.3 is 19.9 Å². The van der Waals surface area contributed by atoms with Crippen LogP contribution in [0.5, 0.6) is 5.75 Å². The lowest BCUT2D eigenvalue weighted by atomic mass is 10.1. The Balaban J connectivity index is 1.47. The minimum atomic E-state index is -0.0184. The normalized spacial score (nSPS) is 20.8. The Bertz CT molecular complexity index is 666. The van der Waals surface area contributed by atoms with Gasteiger partial charge in [-0.25, -0.2) is 0 Å². The Hall–Kier alpha value is -2.08. The molecule has 4 rings (SSSR count). The maximum absolute atomic E-state index is 12.4. The minimum absolute atomic E-state index is 0.0184. The number of hydrogen-bond donors (Lipinski definition) is 1. The number of nitrogens with zero attached hydrogens (tertiary/aromatic N) is 2. The fourth-order valence-corrected chi connectivity index (χ4v) is 3.54. The number of anilines is 2. The van der Waals surface area contributed by atoms with Crippen molar-refractivity contribution >= 4 is 23.2 Å². The van der Waals surface area contributed by atoms with Gasteiger partial charge in [-0.05, 0) is 57.0 Å². The molecule has 1 N–H and O–H groups in total. The van der Waals surface area contributed by atoms with Gasteiger partial charge in [0.05, 0.1) is 5.69 Å². The minimum Gasteiger partial charge on any atom is -0.482 e. The summed E-state index contributed by atoms with van der Waals surface area (Å²) in [5, 5.41) is 2.95. The quantitative estimate of drug-likeness (QED) is 0.891. The van der Waals surface area contributed by atoms with Gasteiger partial charge >= 0.3 is 0 Å². The van der Waals surface area contributed by atoms with Gasteiger partial charge in [0.2, 0.25) is 5.91 Å². The molecule has 0 bridgehead atoms. The molecular formula is C19H25N3O3. The van der Waals surface area contributed by atoms with Crippen LogP contribution >= 0.6 is 0 Å². The summed E-state index contributed by atoms with van der Waals surface area (Å²) in [7, 11) is 0. The van der Waals surface area contributed by atoms with Crippen LogP contribution in [0.1, 0.15) is 32.1 Å². The van der Waals surface area contributed by atoms with E-state index >= 15 is 0 Å². The largest absolute Gasteiger partial charge is 0.482 e. The van der Waals surface area contributed by atoms with E-state index in [0.29, 0.717) is 12.3 Å². The highest BCUT2D eigenvalue weighted by atomic mass is 16.5. The number of carbonyl (C=O) groups excluding carboxylic acids is 2. The molecule has 0 radical (unpaired) electrons. The van der Waals surface area contributed by atoms with Crippen LogP contribution in [0.25, 0.3) is 0 Å². The number of likely N-dealkylation sites (tertiary alicyclic amines) is 1. The fourth-order valence-electron chi connectivity index (χ4n) is 3.54. The predicted molar refractivity (Wildman–Crippen MR) is 95.9 cm³/mol. The molecule has 6 heteroatoms. The molecule has 0 atom stereocenters. The van der Waals surface area contributed by atoms with E-state index in [2.05, 4.69) is 10.2 Å². The predicted octanol–water partition coefficient (Wildman–Crippen LogP) is 2.25. The van der Waals surface area contributed by atoms with E-state index in [9.17, 15) is 9.59 Å². The van der Waals surface area contributed by atoms with E-state index in [0.717, 1.165) is 43.9 Å². The maximum Gasteiger partial charge on any atom is 0.265 e. The first-order chi connectivity index (χ1) is 12.2. The summed E-state index contributed by atoms with van der Waals surface area (Å²) in [5.74, 6) is 0.921. The first-order valence-corrected chi connectivity index (χ1v) is 9.31. The first kappa shape index (κ1) is 16.4. The summed E-state index contributed by atoms with van der Waals surface area (Å²) in [6.07, 6.45) is 5.73. The van der Waals surface area contributed by atoms with Crippen LogP contribution in [0, 0.1) is 5.92 Å². The molecule has 2 amide bonds. The number of fused-ring (bicyclic) bond motifs is 1. The van der Waals surface area contributed by atoms with Crippen molar-refractivity contribution in [3.8, 4) is 5.75 Å². The molecule has 134 valence electrons. The molecule has 1 aliphatic carbocycles. The Kier molecular flexibility index (Phi) is 4.61. The third-order valence-electron chi connectivity index (χ3n) is 5.21. The number of rotatable bonds is 5. The van der Waals surface area contributed by atoms with Crippen LogP contribution in [-0.2, 0) is 9.59 Å². The van der Waals surface area contributed by atoms with Gasteiger partial charge in [-0.2, -0.15) is 0 Å². The number of hydrogen-bond acceptors (Lipinski definition) is 4. The molecule has 2 fully saturated rings. The number of nitrogens with one attached hydrogen (secondary N) is 1. The number of amides is 2. The van der Waals surface area contributed by atoms with Crippen molar-refractivity contribution in [2.75, 3.05) is 43.0 Å². The highest BCUT2D eigenvalue weighted by Crippen LogP contribution is 2.36. The lowest BCUT2D eigenvalue weighted by Gasteiger charge is -2.33. The summed E-state index contributed by atoms with van der Waals surface area (Å²) in [6.45, 7) is 3.85. The fraction of sp³-hybridized carbons (Fsp3) is 0.579. The summed E-state index contributed by atoms with van der Waals surface area (Å²) in [6, 6.07) is 5.55. The van der Waals surface area contributed by atoms with Gasteiger partial charge in [0, 0.05) is 24.7 Å². The Morgan fingerprint density at radius 1 is 1.16 bits per heavy atom. The van der Waals surface area contributed by atoms with Crippen LogP contribution in [0.2, 0.25) is 0 Å². The van der Waals surface area contributed by atoms with Crippen molar-refractivity contribution in [2.45, 2.75) is 32.1 Å². The topological polar surface area (TPSA) is 61.9 Å². The molecule has 1 saturated carbocycles. The Labute approximate surface area is 148 Å². The molecule has 2 heterocycles. The maximum atomic E-state index is 12.4. The summed E-state index contributed by atoms with van der Waals surface area (Å²) in [5.41, 5.74) is 1.50. The van der Waals surface area contributed by atoms with Gasteiger partial charge in [-0.1, -0.05) is 6.42 Å². The number of carbonyl (C=O) groups is 2. The SMILES string of the molecule is O=C(Nc1ccc2c(c1)N(CCN1CCCCC1)C(=O)CO2)C1CC1. The van der Waals surface area contributed by atoms with E-state index in [-0.39, 0.29) is 24.3 Å². The molecular weight excluding hydrogens is 318 g/mol. The van der Waals surface area contributed by atoms with Gasteiger partial charge in [-0.15, -0.1) is 0 Å². The average Bonchev–Trinajstić information content (AvgIpc) is 3.47. The molecule has 1 aromatic rings. The summed E-state index contributed by atoms with van der Waals surface area (Å²) in [4.78, 5) is 28.6. The highest BCUT2D eigenvalue weighted by molar-refractivity contribution is 6.00. The van der Waals surface area contributed by atoms with Crippen LogP contribution in [0.4, 0.5) is 11.4 Å². The molecule has 0 unspecified atom stereocenters. The van der Waals surface area contributed by atoms with Crippen molar-refractivity contribution < 1.29 is 14.3 Å². The summed E-state index contributed by atoms with van der Waals surface area (Å²) >= 11 is 0. The second-order valence-electron chi connectivity index (χ2n) is 7.18. The number of piperidine rings is 1. The zero-order chi connectivity index (χ0) is 17.2. The van der Waals surface area contributed by atoms with Crippen molar-refractivity contribution in [2.24, 2.45) is 5.92 Å². The molecule has 0 aromatic heterocycles. The van der Waals surface area contributed by atoms with Crippen molar-refractivity contribution in [1.29, 1.82) is 0 Å².